The van der Waals surface area contributed by atoms with Crippen molar-refractivity contribution >= 4 is 12.4 Å². The molecule has 0 amide bonds. The van der Waals surface area contributed by atoms with E-state index in [0.717, 1.165) is 12.0 Å². The van der Waals surface area contributed by atoms with Gasteiger partial charge in [-0.3, -0.25) is 0 Å². The molecule has 0 saturated heterocycles. The summed E-state index contributed by atoms with van der Waals surface area (Å²) in [6.45, 7) is 3.68. The number of aliphatic hydroxyl groups excluding tert-OH is 1. The van der Waals surface area contributed by atoms with Gasteiger partial charge in [0, 0.05) is 0 Å². The highest BCUT2D eigenvalue weighted by Gasteiger charge is 2.16. The first-order valence-corrected chi connectivity index (χ1v) is 5.26. The molecular formula is C12H19ClFNO. The van der Waals surface area contributed by atoms with Crippen molar-refractivity contribution < 1.29 is 9.50 Å². The summed E-state index contributed by atoms with van der Waals surface area (Å²) in [5.74, 6) is -0.240. The first-order valence-electron chi connectivity index (χ1n) is 5.26. The highest BCUT2D eigenvalue weighted by Crippen LogP contribution is 2.19. The lowest BCUT2D eigenvalue weighted by Gasteiger charge is -2.19. The van der Waals surface area contributed by atoms with Crippen LogP contribution in [0.4, 0.5) is 4.39 Å². The van der Waals surface area contributed by atoms with E-state index in [2.05, 4.69) is 0 Å². The SMILES string of the molecule is CCC[C@H](O)[C@H](N)c1ccc(F)c(C)c1.Cl. The first kappa shape index (κ1) is 15.4. The number of nitrogens with two attached hydrogens (primary N) is 1. The molecular weight excluding hydrogens is 229 g/mol. The lowest BCUT2D eigenvalue weighted by Crippen LogP contribution is -2.26. The number of hydrogen-bond donors (Lipinski definition) is 2. The molecule has 0 bridgehead atoms. The topological polar surface area (TPSA) is 46.2 Å². The fourth-order valence-electron chi connectivity index (χ4n) is 1.57. The van der Waals surface area contributed by atoms with Gasteiger partial charge in [0.15, 0.2) is 0 Å². The van der Waals surface area contributed by atoms with Gasteiger partial charge in [0.05, 0.1) is 12.1 Å². The van der Waals surface area contributed by atoms with Crippen LogP contribution in [-0.2, 0) is 0 Å². The summed E-state index contributed by atoms with van der Waals surface area (Å²) in [7, 11) is 0. The number of aryl methyl sites for hydroxylation is 1. The molecule has 4 heteroatoms. The molecule has 0 spiro atoms. The second-order valence-corrected chi connectivity index (χ2v) is 3.89. The standard InChI is InChI=1S/C12H18FNO.ClH/c1-3-4-11(15)12(14)9-5-6-10(13)8(2)7-9;/h5-7,11-12,15H,3-4,14H2,1-2H3;1H/t11-,12+;/m0./s1. The van der Waals surface area contributed by atoms with Crippen LogP contribution >= 0.6 is 12.4 Å². The molecule has 0 aliphatic rings. The molecule has 1 aromatic carbocycles. The van der Waals surface area contributed by atoms with E-state index in [1.165, 1.54) is 6.07 Å². The average molecular weight is 248 g/mol. The van der Waals surface area contributed by atoms with Gasteiger partial charge in [0.2, 0.25) is 0 Å². The maximum absolute atomic E-state index is 13.0. The second kappa shape index (κ2) is 6.84. The van der Waals surface area contributed by atoms with Gasteiger partial charge in [0.25, 0.3) is 0 Å². The zero-order valence-electron chi connectivity index (χ0n) is 9.61. The summed E-state index contributed by atoms with van der Waals surface area (Å²) in [5.41, 5.74) is 7.22. The van der Waals surface area contributed by atoms with Crippen molar-refractivity contribution in [3.05, 3.63) is 35.1 Å². The van der Waals surface area contributed by atoms with Gasteiger partial charge in [-0.2, -0.15) is 0 Å². The minimum Gasteiger partial charge on any atom is -0.391 e. The van der Waals surface area contributed by atoms with E-state index in [1.807, 2.05) is 6.92 Å². The Morgan fingerprint density at radius 3 is 2.56 bits per heavy atom. The molecule has 0 aromatic heterocycles. The van der Waals surface area contributed by atoms with E-state index in [9.17, 15) is 9.50 Å². The van der Waals surface area contributed by atoms with E-state index >= 15 is 0 Å². The van der Waals surface area contributed by atoms with Crippen LogP contribution < -0.4 is 5.73 Å². The molecule has 16 heavy (non-hydrogen) atoms. The monoisotopic (exact) mass is 247 g/mol. The smallest absolute Gasteiger partial charge is 0.126 e. The molecule has 92 valence electrons. The molecule has 3 N–H and O–H groups in total. The highest BCUT2D eigenvalue weighted by molar-refractivity contribution is 5.85. The maximum atomic E-state index is 13.0. The summed E-state index contributed by atoms with van der Waals surface area (Å²) in [6.07, 6.45) is 0.993. The Hall–Kier alpha value is -0.640. The van der Waals surface area contributed by atoms with Crippen LogP contribution in [0.2, 0.25) is 0 Å². The van der Waals surface area contributed by atoms with Gasteiger partial charge >= 0.3 is 0 Å². The van der Waals surface area contributed by atoms with Crippen molar-refractivity contribution in [1.29, 1.82) is 0 Å². The van der Waals surface area contributed by atoms with Gasteiger partial charge in [0.1, 0.15) is 5.82 Å². The van der Waals surface area contributed by atoms with Crippen LogP contribution in [0.1, 0.15) is 36.9 Å². The molecule has 0 heterocycles. The number of rotatable bonds is 4. The van der Waals surface area contributed by atoms with Crippen LogP contribution in [0.5, 0.6) is 0 Å². The van der Waals surface area contributed by atoms with Crippen molar-refractivity contribution in [2.75, 3.05) is 0 Å². The van der Waals surface area contributed by atoms with Crippen molar-refractivity contribution in [3.8, 4) is 0 Å². The predicted octanol–water partition coefficient (Wildman–Crippen LogP) is 2.72. The van der Waals surface area contributed by atoms with Crippen molar-refractivity contribution in [1.82, 2.24) is 0 Å². The lowest BCUT2D eigenvalue weighted by molar-refractivity contribution is 0.134. The first-order chi connectivity index (χ1) is 7.06. The molecule has 2 nitrogen and oxygen atoms in total. The van der Waals surface area contributed by atoms with Crippen LogP contribution in [0.15, 0.2) is 18.2 Å². The van der Waals surface area contributed by atoms with Gasteiger partial charge < -0.3 is 10.8 Å². The van der Waals surface area contributed by atoms with Crippen LogP contribution in [0.3, 0.4) is 0 Å². The van der Waals surface area contributed by atoms with Crippen LogP contribution in [-0.4, -0.2) is 11.2 Å². The van der Waals surface area contributed by atoms with Crippen molar-refractivity contribution in [2.45, 2.75) is 38.8 Å². The van der Waals surface area contributed by atoms with E-state index in [0.29, 0.717) is 12.0 Å². The lowest BCUT2D eigenvalue weighted by atomic mass is 9.98. The molecule has 0 radical (unpaired) electrons. The molecule has 2 atom stereocenters. The Labute approximate surface area is 102 Å². The molecule has 0 fully saturated rings. The van der Waals surface area contributed by atoms with Crippen molar-refractivity contribution in [3.63, 3.8) is 0 Å². The zero-order valence-corrected chi connectivity index (χ0v) is 10.4. The Bertz CT molecular complexity index is 333. The van der Waals surface area contributed by atoms with Crippen LogP contribution in [0.25, 0.3) is 0 Å². The molecule has 1 rings (SSSR count). The number of halogens is 2. The molecule has 0 aliphatic heterocycles. The van der Waals surface area contributed by atoms with E-state index in [1.54, 1.807) is 19.1 Å². The van der Waals surface area contributed by atoms with Crippen molar-refractivity contribution in [2.24, 2.45) is 5.73 Å². The van der Waals surface area contributed by atoms with E-state index in [4.69, 9.17) is 5.73 Å². The quantitative estimate of drug-likeness (QED) is 0.860. The zero-order chi connectivity index (χ0) is 11.4. The third-order valence-electron chi connectivity index (χ3n) is 2.57. The number of aliphatic hydroxyl groups is 1. The number of hydrogen-bond acceptors (Lipinski definition) is 2. The molecule has 0 aliphatic carbocycles. The summed E-state index contributed by atoms with van der Waals surface area (Å²) < 4.78 is 13.0. The summed E-state index contributed by atoms with van der Waals surface area (Å²) >= 11 is 0. The Balaban J connectivity index is 0.00000225. The highest BCUT2D eigenvalue weighted by atomic mass is 35.5. The van der Waals surface area contributed by atoms with Crippen LogP contribution in [0, 0.1) is 12.7 Å². The molecule has 0 saturated carbocycles. The maximum Gasteiger partial charge on any atom is 0.126 e. The van der Waals surface area contributed by atoms with E-state index in [-0.39, 0.29) is 18.2 Å². The average Bonchev–Trinajstić information content (AvgIpc) is 2.21. The predicted molar refractivity (Wildman–Crippen MR) is 66.2 cm³/mol. The molecule has 0 unspecified atom stereocenters. The van der Waals surface area contributed by atoms with Gasteiger partial charge in [-0.25, -0.2) is 4.39 Å². The Kier molecular flexibility index (Phi) is 6.56. The van der Waals surface area contributed by atoms with E-state index < -0.39 is 12.1 Å². The largest absolute Gasteiger partial charge is 0.391 e. The van der Waals surface area contributed by atoms with Gasteiger partial charge in [-0.05, 0) is 30.5 Å². The summed E-state index contributed by atoms with van der Waals surface area (Å²) in [5, 5.41) is 9.71. The Morgan fingerprint density at radius 1 is 1.44 bits per heavy atom. The van der Waals surface area contributed by atoms with Gasteiger partial charge in [-0.1, -0.05) is 25.5 Å². The summed E-state index contributed by atoms with van der Waals surface area (Å²) in [4.78, 5) is 0. The third kappa shape index (κ3) is 3.74. The molecule has 1 aromatic rings. The Morgan fingerprint density at radius 2 is 2.06 bits per heavy atom. The third-order valence-corrected chi connectivity index (χ3v) is 2.57. The minimum atomic E-state index is -0.556. The fraction of sp³-hybridized carbons (Fsp3) is 0.500. The normalized spacial score (nSPS) is 14.1. The minimum absolute atomic E-state index is 0. The fourth-order valence-corrected chi connectivity index (χ4v) is 1.57. The van der Waals surface area contributed by atoms with Gasteiger partial charge in [-0.15, -0.1) is 12.4 Å². The second-order valence-electron chi connectivity index (χ2n) is 3.89. The summed E-state index contributed by atoms with van der Waals surface area (Å²) in [6, 6.07) is 4.29. The number of benzene rings is 1.